The highest BCUT2D eigenvalue weighted by molar-refractivity contribution is 6.02. The van der Waals surface area contributed by atoms with Crippen molar-refractivity contribution < 1.29 is 9.59 Å². The van der Waals surface area contributed by atoms with Crippen molar-refractivity contribution in [3.8, 4) is 0 Å². The van der Waals surface area contributed by atoms with E-state index in [9.17, 15) is 9.59 Å². The van der Waals surface area contributed by atoms with Crippen LogP contribution in [0, 0.1) is 0 Å². The van der Waals surface area contributed by atoms with Gasteiger partial charge in [0.05, 0.1) is 6.54 Å². The molecule has 1 N–H and O–H groups in total. The van der Waals surface area contributed by atoms with E-state index >= 15 is 0 Å². The molecule has 1 aromatic carbocycles. The van der Waals surface area contributed by atoms with Crippen LogP contribution in [0.25, 0.3) is 0 Å². The van der Waals surface area contributed by atoms with Crippen LogP contribution in [0.5, 0.6) is 0 Å². The van der Waals surface area contributed by atoms with Gasteiger partial charge in [0.25, 0.3) is 0 Å². The second-order valence-electron chi connectivity index (χ2n) is 4.59. The smallest absolute Gasteiger partial charge is 0.324 e. The standard InChI is InChI=1S/C13H14N2O2/c16-12-8-14-13(17)15(12)11-6-5-9-3-1-2-4-10(9)7-11/h1-4,11H,5-8H2,(H,14,17). The predicted octanol–water partition coefficient (Wildman–Crippen LogP) is 1.10. The predicted molar refractivity (Wildman–Crippen MR) is 62.5 cm³/mol. The lowest BCUT2D eigenvalue weighted by Gasteiger charge is -2.30. The minimum Gasteiger partial charge on any atom is -0.329 e. The summed E-state index contributed by atoms with van der Waals surface area (Å²) < 4.78 is 0. The normalized spacial score (nSPS) is 23.5. The first-order valence-corrected chi connectivity index (χ1v) is 5.92. The summed E-state index contributed by atoms with van der Waals surface area (Å²) in [6.07, 6.45) is 2.60. The molecule has 1 fully saturated rings. The van der Waals surface area contributed by atoms with E-state index in [1.807, 2.05) is 12.1 Å². The Hall–Kier alpha value is -1.84. The number of amides is 3. The van der Waals surface area contributed by atoms with Crippen molar-refractivity contribution in [1.29, 1.82) is 0 Å². The first-order valence-electron chi connectivity index (χ1n) is 5.92. The van der Waals surface area contributed by atoms with Crippen molar-refractivity contribution in [2.75, 3.05) is 6.54 Å². The van der Waals surface area contributed by atoms with E-state index in [4.69, 9.17) is 0 Å². The van der Waals surface area contributed by atoms with Gasteiger partial charge in [-0.3, -0.25) is 9.69 Å². The Morgan fingerprint density at radius 2 is 1.94 bits per heavy atom. The van der Waals surface area contributed by atoms with Crippen LogP contribution in [0.3, 0.4) is 0 Å². The molecule has 17 heavy (non-hydrogen) atoms. The summed E-state index contributed by atoms with van der Waals surface area (Å²) in [7, 11) is 0. The zero-order valence-corrected chi connectivity index (χ0v) is 9.48. The lowest BCUT2D eigenvalue weighted by atomic mass is 9.87. The van der Waals surface area contributed by atoms with E-state index in [1.54, 1.807) is 0 Å². The number of carbonyl (C=O) groups excluding carboxylic acids is 2. The third-order valence-corrected chi connectivity index (χ3v) is 3.56. The van der Waals surface area contributed by atoms with E-state index < -0.39 is 0 Å². The summed E-state index contributed by atoms with van der Waals surface area (Å²) >= 11 is 0. The number of hydrogen-bond acceptors (Lipinski definition) is 2. The second-order valence-corrected chi connectivity index (χ2v) is 4.59. The molecule has 0 bridgehead atoms. The Bertz CT molecular complexity index is 468. The Morgan fingerprint density at radius 1 is 1.18 bits per heavy atom. The van der Waals surface area contributed by atoms with E-state index in [-0.39, 0.29) is 24.5 Å². The number of aryl methyl sites for hydroxylation is 1. The van der Waals surface area contributed by atoms with Crippen LogP contribution in [0.1, 0.15) is 17.5 Å². The number of fused-ring (bicyclic) bond motifs is 1. The highest BCUT2D eigenvalue weighted by atomic mass is 16.2. The molecule has 1 aliphatic heterocycles. The van der Waals surface area contributed by atoms with Crippen molar-refractivity contribution >= 4 is 11.9 Å². The molecule has 3 amide bonds. The van der Waals surface area contributed by atoms with Crippen molar-refractivity contribution in [1.82, 2.24) is 10.2 Å². The summed E-state index contributed by atoms with van der Waals surface area (Å²) in [6, 6.07) is 8.04. The quantitative estimate of drug-likeness (QED) is 0.734. The molecular weight excluding hydrogens is 216 g/mol. The first kappa shape index (κ1) is 10.3. The fourth-order valence-corrected chi connectivity index (χ4v) is 2.70. The number of carbonyl (C=O) groups is 2. The summed E-state index contributed by atoms with van der Waals surface area (Å²) in [5, 5.41) is 2.58. The van der Waals surface area contributed by atoms with Crippen LogP contribution >= 0.6 is 0 Å². The summed E-state index contributed by atoms with van der Waals surface area (Å²) in [6.45, 7) is 0.150. The summed E-state index contributed by atoms with van der Waals surface area (Å²) in [5.74, 6) is -0.0978. The zero-order valence-electron chi connectivity index (χ0n) is 9.48. The fraction of sp³-hybridized carbons (Fsp3) is 0.385. The maximum absolute atomic E-state index is 11.6. The second kappa shape index (κ2) is 3.87. The van der Waals surface area contributed by atoms with Crippen LogP contribution in [0.15, 0.2) is 24.3 Å². The highest BCUT2D eigenvalue weighted by Crippen LogP contribution is 2.25. The van der Waals surface area contributed by atoms with Gasteiger partial charge in [-0.25, -0.2) is 4.79 Å². The van der Waals surface area contributed by atoms with Crippen LogP contribution in [0.2, 0.25) is 0 Å². The monoisotopic (exact) mass is 230 g/mol. The van der Waals surface area contributed by atoms with Crippen molar-refractivity contribution in [3.05, 3.63) is 35.4 Å². The van der Waals surface area contributed by atoms with E-state index in [2.05, 4.69) is 17.4 Å². The van der Waals surface area contributed by atoms with Crippen LogP contribution in [-0.4, -0.2) is 29.4 Å². The molecule has 1 aliphatic carbocycles. The van der Waals surface area contributed by atoms with Gasteiger partial charge in [0.2, 0.25) is 5.91 Å². The summed E-state index contributed by atoms with van der Waals surface area (Å²) in [5.41, 5.74) is 2.60. The minimum atomic E-state index is -0.237. The molecule has 0 spiro atoms. The molecule has 1 heterocycles. The SMILES string of the molecule is O=C1CNC(=O)N1C1CCc2ccccc2C1. The Labute approximate surface area is 99.6 Å². The largest absolute Gasteiger partial charge is 0.329 e. The molecule has 1 unspecified atom stereocenters. The molecule has 0 radical (unpaired) electrons. The molecule has 1 aromatic rings. The van der Waals surface area contributed by atoms with Gasteiger partial charge in [-0.1, -0.05) is 24.3 Å². The Kier molecular flexibility index (Phi) is 2.35. The van der Waals surface area contributed by atoms with Crippen molar-refractivity contribution in [2.24, 2.45) is 0 Å². The molecular formula is C13H14N2O2. The lowest BCUT2D eigenvalue weighted by Crippen LogP contribution is -2.43. The van der Waals surface area contributed by atoms with Gasteiger partial charge in [-0.2, -0.15) is 0 Å². The van der Waals surface area contributed by atoms with Gasteiger partial charge < -0.3 is 5.32 Å². The van der Waals surface area contributed by atoms with Crippen LogP contribution in [-0.2, 0) is 17.6 Å². The molecule has 1 atom stereocenters. The third kappa shape index (κ3) is 1.69. The van der Waals surface area contributed by atoms with Crippen LogP contribution < -0.4 is 5.32 Å². The molecule has 0 saturated carbocycles. The van der Waals surface area contributed by atoms with Gasteiger partial charge in [-0.15, -0.1) is 0 Å². The molecule has 0 aromatic heterocycles. The maximum atomic E-state index is 11.6. The number of benzene rings is 1. The van der Waals surface area contributed by atoms with Gasteiger partial charge in [0.15, 0.2) is 0 Å². The zero-order chi connectivity index (χ0) is 11.8. The molecule has 4 nitrogen and oxygen atoms in total. The Morgan fingerprint density at radius 3 is 2.65 bits per heavy atom. The van der Waals surface area contributed by atoms with E-state index in [1.165, 1.54) is 16.0 Å². The molecule has 3 rings (SSSR count). The molecule has 4 heteroatoms. The Balaban J connectivity index is 1.84. The molecule has 1 saturated heterocycles. The third-order valence-electron chi connectivity index (χ3n) is 3.56. The fourth-order valence-electron chi connectivity index (χ4n) is 2.70. The first-order chi connectivity index (χ1) is 8.25. The minimum absolute atomic E-state index is 0.0277. The lowest BCUT2D eigenvalue weighted by molar-refractivity contribution is -0.126. The number of imide groups is 1. The molecule has 88 valence electrons. The van der Waals surface area contributed by atoms with Crippen molar-refractivity contribution in [3.63, 3.8) is 0 Å². The topological polar surface area (TPSA) is 49.4 Å². The number of rotatable bonds is 1. The van der Waals surface area contributed by atoms with Crippen LogP contribution in [0.4, 0.5) is 4.79 Å². The number of hydrogen-bond donors (Lipinski definition) is 1. The van der Waals surface area contributed by atoms with Gasteiger partial charge in [-0.05, 0) is 30.4 Å². The number of nitrogens with zero attached hydrogens (tertiary/aromatic N) is 1. The number of urea groups is 1. The maximum Gasteiger partial charge on any atom is 0.324 e. The van der Waals surface area contributed by atoms with Crippen molar-refractivity contribution in [2.45, 2.75) is 25.3 Å². The van der Waals surface area contributed by atoms with E-state index in [0.29, 0.717) is 0 Å². The van der Waals surface area contributed by atoms with Gasteiger partial charge >= 0.3 is 6.03 Å². The van der Waals surface area contributed by atoms with Gasteiger partial charge in [0, 0.05) is 6.04 Å². The summed E-state index contributed by atoms with van der Waals surface area (Å²) in [4.78, 5) is 24.6. The van der Waals surface area contributed by atoms with Gasteiger partial charge in [0.1, 0.15) is 0 Å². The highest BCUT2D eigenvalue weighted by Gasteiger charge is 2.36. The molecule has 2 aliphatic rings. The average Bonchev–Trinajstić information content (AvgIpc) is 2.68. The van der Waals surface area contributed by atoms with E-state index in [0.717, 1.165) is 19.3 Å². The number of nitrogens with one attached hydrogen (secondary N) is 1. The average molecular weight is 230 g/mol.